The van der Waals surface area contributed by atoms with E-state index in [1.54, 1.807) is 15.9 Å². The molecule has 4 rings (SSSR count). The first-order valence-electron chi connectivity index (χ1n) is 10.00. The van der Waals surface area contributed by atoms with Gasteiger partial charge >= 0.3 is 5.69 Å². The zero-order valence-corrected chi connectivity index (χ0v) is 18.2. The molecular formula is C20H22ClN5O3S. The van der Waals surface area contributed by atoms with E-state index in [2.05, 4.69) is 22.1 Å². The maximum absolute atomic E-state index is 12.9. The molecule has 1 aliphatic rings. The Kier molecular flexibility index (Phi) is 6.29. The van der Waals surface area contributed by atoms with Crippen LogP contribution in [0.15, 0.2) is 36.6 Å². The number of aromatic nitrogens is 4. The van der Waals surface area contributed by atoms with Gasteiger partial charge in [0.1, 0.15) is 11.0 Å². The fraction of sp³-hybridized carbons (Fsp3) is 0.450. The highest BCUT2D eigenvalue weighted by atomic mass is 35.5. The van der Waals surface area contributed by atoms with Gasteiger partial charge in [0.25, 0.3) is 5.56 Å². The van der Waals surface area contributed by atoms with E-state index < -0.39 is 0 Å². The lowest BCUT2D eigenvalue weighted by molar-refractivity contribution is 0.366. The molecule has 0 aliphatic carbocycles. The molecule has 4 heterocycles. The van der Waals surface area contributed by atoms with Crippen molar-refractivity contribution in [2.75, 3.05) is 0 Å². The van der Waals surface area contributed by atoms with Gasteiger partial charge in [-0.05, 0) is 24.3 Å². The van der Waals surface area contributed by atoms with Crippen LogP contribution in [-0.4, -0.2) is 24.4 Å². The van der Waals surface area contributed by atoms with Gasteiger partial charge in [-0.2, -0.15) is 4.98 Å². The Morgan fingerprint density at radius 1 is 1.23 bits per heavy atom. The number of aryl methyl sites for hydroxylation is 1. The smallest absolute Gasteiger partial charge is 0.332 e. The van der Waals surface area contributed by atoms with Gasteiger partial charge in [-0.3, -0.25) is 13.9 Å². The normalized spacial score (nSPS) is 12.9. The Bertz CT molecular complexity index is 1180. The molecule has 0 saturated carbocycles. The molecule has 30 heavy (non-hydrogen) atoms. The Labute approximate surface area is 181 Å². The second-order valence-electron chi connectivity index (χ2n) is 7.18. The minimum atomic E-state index is -0.341. The maximum atomic E-state index is 12.9. The Morgan fingerprint density at radius 3 is 2.83 bits per heavy atom. The summed E-state index contributed by atoms with van der Waals surface area (Å²) in [6, 6.07) is 4.02. The van der Waals surface area contributed by atoms with E-state index in [-0.39, 0.29) is 24.2 Å². The summed E-state index contributed by atoms with van der Waals surface area (Å²) in [4.78, 5) is 35.6. The van der Waals surface area contributed by atoms with E-state index in [9.17, 15) is 9.59 Å². The third kappa shape index (κ3) is 4.32. The molecule has 1 aliphatic heterocycles. The lowest BCUT2D eigenvalue weighted by atomic mass is 10.2. The van der Waals surface area contributed by atoms with Gasteiger partial charge in [0.15, 0.2) is 5.82 Å². The van der Waals surface area contributed by atoms with Crippen LogP contribution in [0.5, 0.6) is 0 Å². The molecule has 0 spiro atoms. The minimum absolute atomic E-state index is 0.275. The van der Waals surface area contributed by atoms with Gasteiger partial charge < -0.3 is 4.52 Å². The number of halogens is 1. The zero-order valence-electron chi connectivity index (χ0n) is 16.6. The molecule has 0 N–H and O–H groups in total. The van der Waals surface area contributed by atoms with Gasteiger partial charge in [-0.1, -0.05) is 36.2 Å². The summed E-state index contributed by atoms with van der Waals surface area (Å²) in [5.41, 5.74) is -0.163. The molecule has 10 heteroatoms. The van der Waals surface area contributed by atoms with Gasteiger partial charge in [0.05, 0.1) is 5.56 Å². The quantitative estimate of drug-likeness (QED) is 0.501. The average Bonchev–Trinajstić information content (AvgIpc) is 3.47. The fourth-order valence-corrected chi connectivity index (χ4v) is 4.38. The number of aliphatic imine (C=N–C) groups is 1. The van der Waals surface area contributed by atoms with E-state index in [1.807, 2.05) is 17.5 Å². The SMILES string of the molecule is CCCCn1c2c(c(=O)n(CCCc3nc(Cc4cccs4)no3)c1=O)CC(Cl)=N2. The van der Waals surface area contributed by atoms with E-state index in [0.717, 1.165) is 12.8 Å². The molecule has 3 aromatic heterocycles. The lowest BCUT2D eigenvalue weighted by Gasteiger charge is -2.13. The van der Waals surface area contributed by atoms with Gasteiger partial charge in [-0.25, -0.2) is 9.79 Å². The van der Waals surface area contributed by atoms with E-state index in [0.29, 0.717) is 54.1 Å². The summed E-state index contributed by atoms with van der Waals surface area (Å²) in [6.07, 6.45) is 3.70. The lowest BCUT2D eigenvalue weighted by Crippen LogP contribution is -2.41. The molecule has 0 bridgehead atoms. The van der Waals surface area contributed by atoms with Crippen LogP contribution < -0.4 is 11.2 Å². The first kappa shape index (κ1) is 20.7. The van der Waals surface area contributed by atoms with E-state index >= 15 is 0 Å². The largest absolute Gasteiger partial charge is 0.339 e. The second kappa shape index (κ2) is 9.09. The van der Waals surface area contributed by atoms with Crippen molar-refractivity contribution in [1.82, 2.24) is 19.3 Å². The zero-order chi connectivity index (χ0) is 21.1. The maximum Gasteiger partial charge on any atom is 0.332 e. The van der Waals surface area contributed by atoms with Crippen molar-refractivity contribution < 1.29 is 4.52 Å². The van der Waals surface area contributed by atoms with Crippen LogP contribution in [0.2, 0.25) is 0 Å². The highest BCUT2D eigenvalue weighted by molar-refractivity contribution is 7.09. The Morgan fingerprint density at radius 2 is 2.07 bits per heavy atom. The molecule has 0 atom stereocenters. The molecular weight excluding hydrogens is 426 g/mol. The molecule has 0 saturated heterocycles. The van der Waals surface area contributed by atoms with Gasteiger partial charge in [0.2, 0.25) is 5.89 Å². The minimum Gasteiger partial charge on any atom is -0.339 e. The summed E-state index contributed by atoms with van der Waals surface area (Å²) in [5.74, 6) is 1.55. The highest BCUT2D eigenvalue weighted by Crippen LogP contribution is 2.24. The number of hydrogen-bond acceptors (Lipinski definition) is 7. The number of fused-ring (bicyclic) bond motifs is 1. The standard InChI is InChI=1S/C20H22ClN5O3S/c1-2-3-8-25-18-14(12-15(21)22-18)19(27)26(20(25)28)9-4-7-17-23-16(24-29-17)11-13-6-5-10-30-13/h5-6,10H,2-4,7-9,11-12H2,1H3. The predicted molar refractivity (Wildman–Crippen MR) is 116 cm³/mol. The monoisotopic (exact) mass is 447 g/mol. The Balaban J connectivity index is 1.48. The summed E-state index contributed by atoms with van der Waals surface area (Å²) in [5, 5.41) is 6.36. The van der Waals surface area contributed by atoms with Gasteiger partial charge in [0, 0.05) is 37.2 Å². The van der Waals surface area contributed by atoms with Crippen LogP contribution in [0.4, 0.5) is 5.82 Å². The van der Waals surface area contributed by atoms with Crippen molar-refractivity contribution in [1.29, 1.82) is 0 Å². The van der Waals surface area contributed by atoms with Crippen LogP contribution in [0.3, 0.4) is 0 Å². The first-order chi connectivity index (χ1) is 14.6. The molecule has 0 unspecified atom stereocenters. The number of hydrogen-bond donors (Lipinski definition) is 0. The number of rotatable bonds is 9. The van der Waals surface area contributed by atoms with Crippen molar-refractivity contribution in [3.63, 3.8) is 0 Å². The van der Waals surface area contributed by atoms with Crippen molar-refractivity contribution in [2.24, 2.45) is 4.99 Å². The number of unbranched alkanes of at least 4 members (excludes halogenated alkanes) is 1. The fourth-order valence-electron chi connectivity index (χ4n) is 3.46. The van der Waals surface area contributed by atoms with Crippen molar-refractivity contribution in [3.05, 3.63) is 60.5 Å². The first-order valence-corrected chi connectivity index (χ1v) is 11.3. The van der Waals surface area contributed by atoms with Crippen LogP contribution in [0.1, 0.15) is 48.3 Å². The molecule has 158 valence electrons. The molecule has 0 amide bonds. The summed E-state index contributed by atoms with van der Waals surface area (Å²) in [6.45, 7) is 2.84. The van der Waals surface area contributed by atoms with Crippen LogP contribution in [0.25, 0.3) is 0 Å². The van der Waals surface area contributed by atoms with E-state index in [4.69, 9.17) is 16.1 Å². The molecule has 8 nitrogen and oxygen atoms in total. The summed E-state index contributed by atoms with van der Waals surface area (Å²) in [7, 11) is 0. The van der Waals surface area contributed by atoms with Crippen LogP contribution >= 0.6 is 22.9 Å². The summed E-state index contributed by atoms with van der Waals surface area (Å²) >= 11 is 7.70. The molecule has 0 radical (unpaired) electrons. The second-order valence-corrected chi connectivity index (χ2v) is 8.64. The third-order valence-electron chi connectivity index (χ3n) is 4.97. The van der Waals surface area contributed by atoms with Crippen molar-refractivity contribution in [2.45, 2.75) is 58.5 Å². The molecule has 0 aromatic carbocycles. The van der Waals surface area contributed by atoms with Crippen LogP contribution in [-0.2, 0) is 32.4 Å². The number of nitrogens with zero attached hydrogens (tertiary/aromatic N) is 5. The number of thiophene rings is 1. The Hall–Kier alpha value is -2.52. The molecule has 0 fully saturated rings. The molecule has 3 aromatic rings. The van der Waals surface area contributed by atoms with Crippen molar-refractivity contribution in [3.8, 4) is 0 Å². The third-order valence-corrected chi connectivity index (χ3v) is 6.07. The topological polar surface area (TPSA) is 95.3 Å². The average molecular weight is 448 g/mol. The van der Waals surface area contributed by atoms with Gasteiger partial charge in [-0.15, -0.1) is 11.3 Å². The summed E-state index contributed by atoms with van der Waals surface area (Å²) < 4.78 is 8.16. The van der Waals surface area contributed by atoms with Crippen molar-refractivity contribution >= 4 is 33.9 Å². The predicted octanol–water partition coefficient (Wildman–Crippen LogP) is 3.30. The van der Waals surface area contributed by atoms with Crippen LogP contribution in [0, 0.1) is 0 Å². The highest BCUT2D eigenvalue weighted by Gasteiger charge is 2.24. The van der Waals surface area contributed by atoms with E-state index in [1.165, 1.54) is 9.44 Å².